The fourth-order valence-electron chi connectivity index (χ4n) is 2.37. The lowest BCUT2D eigenvalue weighted by Gasteiger charge is -2.31. The maximum Gasteiger partial charge on any atom is 0.254 e. The van der Waals surface area contributed by atoms with Crippen molar-refractivity contribution >= 4 is 11.6 Å². The van der Waals surface area contributed by atoms with Crippen molar-refractivity contribution in [3.63, 3.8) is 0 Å². The predicted molar refractivity (Wildman–Crippen MR) is 57.5 cm³/mol. The van der Waals surface area contributed by atoms with Gasteiger partial charge in [0.25, 0.3) is 5.92 Å². The van der Waals surface area contributed by atoms with Gasteiger partial charge in [-0.05, 0) is 25.9 Å². The first-order valence-corrected chi connectivity index (χ1v) is 5.94. The van der Waals surface area contributed by atoms with Crippen LogP contribution in [0.1, 0.15) is 19.3 Å². The molecule has 1 spiro atoms. The largest absolute Gasteiger partial charge is 0.300 e. The number of piperidine rings is 1. The van der Waals surface area contributed by atoms with Gasteiger partial charge in [-0.25, -0.2) is 8.78 Å². The summed E-state index contributed by atoms with van der Waals surface area (Å²) in [6, 6.07) is 0. The highest BCUT2D eigenvalue weighted by molar-refractivity contribution is 6.18. The van der Waals surface area contributed by atoms with Crippen molar-refractivity contribution in [3.8, 4) is 0 Å². The number of alkyl halides is 3. The van der Waals surface area contributed by atoms with Crippen LogP contribution in [-0.4, -0.2) is 36.3 Å². The highest BCUT2D eigenvalue weighted by atomic mass is 35.5. The lowest BCUT2D eigenvalue weighted by molar-refractivity contribution is 0.0335. The minimum Gasteiger partial charge on any atom is -0.300 e. The monoisotopic (exact) mass is 235 g/mol. The standard InChI is InChI=1S/C11H16ClF2N/c12-5-1-2-6-15-7-3-10(4-8-15)9-11(10,13)14/h1-2H,3-9H2/b2-1+. The number of halogens is 3. The first kappa shape index (κ1) is 11.3. The SMILES string of the molecule is FC1(F)CC12CCN(C/C=C/CCl)CC2. The predicted octanol–water partition coefficient (Wildman–Crippen LogP) is 2.90. The van der Waals surface area contributed by atoms with Gasteiger partial charge in [-0.15, -0.1) is 11.6 Å². The van der Waals surface area contributed by atoms with E-state index in [-0.39, 0.29) is 6.42 Å². The van der Waals surface area contributed by atoms with Crippen molar-refractivity contribution in [2.45, 2.75) is 25.2 Å². The summed E-state index contributed by atoms with van der Waals surface area (Å²) < 4.78 is 26.1. The summed E-state index contributed by atoms with van der Waals surface area (Å²) in [6.07, 6.45) is 5.32. The summed E-state index contributed by atoms with van der Waals surface area (Å²) in [5.74, 6) is -1.85. The summed E-state index contributed by atoms with van der Waals surface area (Å²) in [6.45, 7) is 2.43. The van der Waals surface area contributed by atoms with Gasteiger partial charge in [0.2, 0.25) is 0 Å². The van der Waals surface area contributed by atoms with Crippen LogP contribution < -0.4 is 0 Å². The summed E-state index contributed by atoms with van der Waals surface area (Å²) in [5, 5.41) is 0. The van der Waals surface area contributed by atoms with Gasteiger partial charge in [-0.2, -0.15) is 0 Å². The second-order valence-electron chi connectivity index (χ2n) is 4.59. The van der Waals surface area contributed by atoms with Crippen LogP contribution >= 0.6 is 11.6 Å². The van der Waals surface area contributed by atoms with Gasteiger partial charge in [0.1, 0.15) is 0 Å². The zero-order valence-electron chi connectivity index (χ0n) is 8.69. The third kappa shape index (κ3) is 2.18. The van der Waals surface area contributed by atoms with Crippen molar-refractivity contribution in [3.05, 3.63) is 12.2 Å². The Morgan fingerprint density at radius 1 is 1.20 bits per heavy atom. The van der Waals surface area contributed by atoms with E-state index in [0.717, 1.165) is 19.6 Å². The van der Waals surface area contributed by atoms with E-state index in [0.29, 0.717) is 18.7 Å². The zero-order chi connectivity index (χ0) is 10.9. The lowest BCUT2D eigenvalue weighted by atomic mass is 9.93. The van der Waals surface area contributed by atoms with Crippen molar-refractivity contribution in [2.24, 2.45) is 5.41 Å². The molecule has 2 rings (SSSR count). The minimum absolute atomic E-state index is 0.116. The normalized spacial score (nSPS) is 28.7. The number of likely N-dealkylation sites (tertiary alicyclic amines) is 1. The Balaban J connectivity index is 1.76. The summed E-state index contributed by atoms with van der Waals surface area (Å²) in [5.41, 5.74) is -0.625. The fraction of sp³-hybridized carbons (Fsp3) is 0.818. The summed E-state index contributed by atoms with van der Waals surface area (Å²) >= 11 is 5.51. The number of hydrogen-bond donors (Lipinski definition) is 0. The Morgan fingerprint density at radius 3 is 2.27 bits per heavy atom. The third-order valence-corrected chi connectivity index (χ3v) is 3.82. The average molecular weight is 236 g/mol. The van der Waals surface area contributed by atoms with Crippen molar-refractivity contribution in [1.82, 2.24) is 4.90 Å². The van der Waals surface area contributed by atoms with Crippen LogP contribution in [0.3, 0.4) is 0 Å². The third-order valence-electron chi connectivity index (χ3n) is 3.64. The molecule has 0 aromatic heterocycles. The topological polar surface area (TPSA) is 3.24 Å². The van der Waals surface area contributed by atoms with Crippen LogP contribution in [0.25, 0.3) is 0 Å². The Bertz CT molecular complexity index is 257. The Kier molecular flexibility index (Phi) is 3.04. The minimum atomic E-state index is -2.37. The summed E-state index contributed by atoms with van der Waals surface area (Å²) in [7, 11) is 0. The van der Waals surface area contributed by atoms with Crippen molar-refractivity contribution in [2.75, 3.05) is 25.5 Å². The van der Waals surface area contributed by atoms with Gasteiger partial charge in [0.15, 0.2) is 0 Å². The molecule has 0 amide bonds. The van der Waals surface area contributed by atoms with Gasteiger partial charge in [-0.1, -0.05) is 12.2 Å². The molecule has 1 aliphatic heterocycles. The van der Waals surface area contributed by atoms with Crippen LogP contribution in [-0.2, 0) is 0 Å². The second kappa shape index (κ2) is 4.02. The van der Waals surface area contributed by atoms with Gasteiger partial charge >= 0.3 is 0 Å². The lowest BCUT2D eigenvalue weighted by Crippen LogP contribution is -2.36. The van der Waals surface area contributed by atoms with Crippen LogP contribution in [0, 0.1) is 5.41 Å². The maximum atomic E-state index is 13.1. The molecule has 15 heavy (non-hydrogen) atoms. The molecule has 0 bridgehead atoms. The van der Waals surface area contributed by atoms with E-state index < -0.39 is 11.3 Å². The van der Waals surface area contributed by atoms with E-state index in [1.165, 1.54) is 0 Å². The molecule has 1 heterocycles. The van der Waals surface area contributed by atoms with Crippen LogP contribution in [0.15, 0.2) is 12.2 Å². The molecular weight excluding hydrogens is 220 g/mol. The van der Waals surface area contributed by atoms with Crippen LogP contribution in [0.5, 0.6) is 0 Å². The van der Waals surface area contributed by atoms with Gasteiger partial charge in [0, 0.05) is 24.3 Å². The molecule has 0 radical (unpaired) electrons. The van der Waals surface area contributed by atoms with Crippen molar-refractivity contribution in [1.29, 1.82) is 0 Å². The highest BCUT2D eigenvalue weighted by Gasteiger charge is 2.70. The molecule has 4 heteroatoms. The zero-order valence-corrected chi connectivity index (χ0v) is 9.44. The second-order valence-corrected chi connectivity index (χ2v) is 4.90. The first-order valence-electron chi connectivity index (χ1n) is 5.41. The number of nitrogens with zero attached hydrogens (tertiary/aromatic N) is 1. The molecule has 0 unspecified atom stereocenters. The molecule has 86 valence electrons. The number of allylic oxidation sites excluding steroid dienone is 1. The Morgan fingerprint density at radius 2 is 1.80 bits per heavy atom. The Labute approximate surface area is 94.1 Å². The maximum absolute atomic E-state index is 13.1. The van der Waals surface area contributed by atoms with E-state index in [1.54, 1.807) is 0 Å². The molecule has 1 nitrogen and oxygen atoms in total. The van der Waals surface area contributed by atoms with Gasteiger partial charge in [-0.3, -0.25) is 4.90 Å². The smallest absolute Gasteiger partial charge is 0.254 e. The van der Waals surface area contributed by atoms with E-state index in [1.807, 2.05) is 12.2 Å². The molecule has 0 N–H and O–H groups in total. The van der Waals surface area contributed by atoms with Crippen LogP contribution in [0.2, 0.25) is 0 Å². The Hall–Kier alpha value is -0.150. The molecule has 1 saturated heterocycles. The van der Waals surface area contributed by atoms with E-state index in [2.05, 4.69) is 4.90 Å². The van der Waals surface area contributed by atoms with E-state index >= 15 is 0 Å². The fourth-order valence-corrected chi connectivity index (χ4v) is 2.50. The first-order chi connectivity index (χ1) is 7.10. The van der Waals surface area contributed by atoms with Gasteiger partial charge in [0.05, 0.1) is 0 Å². The molecule has 1 aliphatic carbocycles. The quantitative estimate of drug-likeness (QED) is 0.537. The molecular formula is C11H16ClF2N. The molecule has 1 saturated carbocycles. The van der Waals surface area contributed by atoms with Gasteiger partial charge < -0.3 is 0 Å². The number of hydrogen-bond acceptors (Lipinski definition) is 1. The highest BCUT2D eigenvalue weighted by Crippen LogP contribution is 2.65. The molecule has 0 aromatic carbocycles. The molecule has 0 aromatic rings. The van der Waals surface area contributed by atoms with Crippen LogP contribution in [0.4, 0.5) is 8.78 Å². The van der Waals surface area contributed by atoms with Crippen molar-refractivity contribution < 1.29 is 8.78 Å². The van der Waals surface area contributed by atoms with E-state index in [9.17, 15) is 8.78 Å². The average Bonchev–Trinajstić information content (AvgIpc) is 2.72. The molecule has 0 atom stereocenters. The van der Waals surface area contributed by atoms with E-state index in [4.69, 9.17) is 11.6 Å². The molecule has 2 fully saturated rings. The number of rotatable bonds is 3. The molecule has 2 aliphatic rings. The summed E-state index contributed by atoms with van der Waals surface area (Å²) in [4.78, 5) is 2.21.